The van der Waals surface area contributed by atoms with E-state index in [4.69, 9.17) is 15.0 Å². The van der Waals surface area contributed by atoms with Crippen LogP contribution in [0.3, 0.4) is 0 Å². The lowest BCUT2D eigenvalue weighted by Crippen LogP contribution is -2.30. The van der Waals surface area contributed by atoms with Crippen LogP contribution in [0.25, 0.3) is 60.9 Å². The van der Waals surface area contributed by atoms with Crippen molar-refractivity contribution in [2.45, 2.75) is 57.8 Å². The fraction of sp³-hybridized carbons (Fsp3) is 0.180. The predicted octanol–water partition coefficient (Wildman–Crippen LogP) is 12.2. The first-order valence-corrected chi connectivity index (χ1v) is 18.9. The van der Waals surface area contributed by atoms with Gasteiger partial charge in [0, 0.05) is 28.7 Å². The highest BCUT2D eigenvalue weighted by atomic mass is 15.0. The summed E-state index contributed by atoms with van der Waals surface area (Å²) < 4.78 is 2.32. The Hall–Kier alpha value is -6.13. The number of aromatic nitrogens is 4. The molecule has 0 aliphatic heterocycles. The number of fused-ring (bicyclic) bond motifs is 11. The largest absolute Gasteiger partial charge is 0.292 e. The molecule has 0 N–H and O–H groups in total. The number of nitrogens with zero attached hydrogens (tertiary/aromatic N) is 4. The van der Waals surface area contributed by atoms with Gasteiger partial charge < -0.3 is 0 Å². The molecule has 4 aromatic heterocycles. The van der Waals surface area contributed by atoms with Crippen molar-refractivity contribution in [3.63, 3.8) is 0 Å². The zero-order valence-corrected chi connectivity index (χ0v) is 31.6. The van der Waals surface area contributed by atoms with Gasteiger partial charge in [0.2, 0.25) is 0 Å². The summed E-state index contributed by atoms with van der Waals surface area (Å²) in [5.74, 6) is 0. The first-order valence-electron chi connectivity index (χ1n) is 18.9. The molecule has 10 rings (SSSR count). The normalized spacial score (nSPS) is 13.9. The molecular formula is C50H42N4. The fourth-order valence-electron chi connectivity index (χ4n) is 8.90. The van der Waals surface area contributed by atoms with Crippen LogP contribution in [0.15, 0.2) is 146 Å². The van der Waals surface area contributed by atoms with Crippen molar-refractivity contribution < 1.29 is 0 Å². The Bertz CT molecular complexity index is 2890. The summed E-state index contributed by atoms with van der Waals surface area (Å²) in [4.78, 5) is 15.0. The molecule has 0 amide bonds. The lowest BCUT2D eigenvalue weighted by atomic mass is 9.66. The van der Waals surface area contributed by atoms with Crippen LogP contribution in [0.5, 0.6) is 0 Å². The van der Waals surface area contributed by atoms with Gasteiger partial charge in [0.15, 0.2) is 0 Å². The summed E-state index contributed by atoms with van der Waals surface area (Å²) in [6, 6.07) is 49.3. The van der Waals surface area contributed by atoms with E-state index in [1.807, 2.05) is 24.5 Å². The summed E-state index contributed by atoms with van der Waals surface area (Å²) in [5, 5.41) is 2.15. The smallest absolute Gasteiger partial charge is 0.147 e. The molecule has 0 fully saturated rings. The van der Waals surface area contributed by atoms with Crippen LogP contribution in [0.2, 0.25) is 0 Å². The molecule has 0 atom stereocenters. The van der Waals surface area contributed by atoms with Crippen LogP contribution in [0.1, 0.15) is 74.9 Å². The zero-order chi connectivity index (χ0) is 37.0. The first kappa shape index (κ1) is 32.5. The van der Waals surface area contributed by atoms with Gasteiger partial charge in [-0.1, -0.05) is 120 Å². The van der Waals surface area contributed by atoms with E-state index in [0.29, 0.717) is 0 Å². The minimum atomic E-state index is -0.640. The first-order chi connectivity index (χ1) is 26.0. The van der Waals surface area contributed by atoms with Crippen molar-refractivity contribution in [1.29, 1.82) is 0 Å². The van der Waals surface area contributed by atoms with Crippen molar-refractivity contribution in [3.8, 4) is 22.4 Å². The molecule has 1 aliphatic rings. The van der Waals surface area contributed by atoms with Gasteiger partial charge in [-0.2, -0.15) is 0 Å². The second-order valence-corrected chi connectivity index (χ2v) is 17.0. The maximum atomic E-state index is 5.13. The molecule has 4 heterocycles. The number of imidazole rings is 1. The highest BCUT2D eigenvalue weighted by Gasteiger charge is 2.47. The topological polar surface area (TPSA) is 43.1 Å². The molecule has 0 spiro atoms. The van der Waals surface area contributed by atoms with E-state index in [-0.39, 0.29) is 10.8 Å². The average Bonchev–Trinajstić information content (AvgIpc) is 3.72. The molecule has 0 bridgehead atoms. The fourth-order valence-corrected chi connectivity index (χ4v) is 8.90. The van der Waals surface area contributed by atoms with Crippen LogP contribution in [-0.4, -0.2) is 19.4 Å². The van der Waals surface area contributed by atoms with E-state index in [1.165, 1.54) is 44.5 Å². The molecule has 4 nitrogen and oxygen atoms in total. The standard InChI is InChI=1S/C50H42N4/c1-48(2,3)32-19-22-36-37-23-20-33(49(4,5)6)30-41(37)50(40(36)29-32,34-14-11-13-31(27-34)42-16-9-10-25-51-42)35-21-24-44-39(28-35)46-38(15-12-26-52-46)47-53-43-17-7-8-18-45(43)54(44)47/h7-30H,1-6H3. The molecule has 262 valence electrons. The molecule has 1 aliphatic carbocycles. The van der Waals surface area contributed by atoms with E-state index in [9.17, 15) is 0 Å². The molecule has 5 aromatic carbocycles. The van der Waals surface area contributed by atoms with Gasteiger partial charge in [0.1, 0.15) is 5.65 Å². The van der Waals surface area contributed by atoms with Gasteiger partial charge in [-0.15, -0.1) is 0 Å². The predicted molar refractivity (Wildman–Crippen MR) is 223 cm³/mol. The second kappa shape index (κ2) is 11.4. The van der Waals surface area contributed by atoms with Crippen molar-refractivity contribution in [1.82, 2.24) is 19.4 Å². The number of rotatable bonds is 3. The third kappa shape index (κ3) is 4.65. The van der Waals surface area contributed by atoms with E-state index >= 15 is 0 Å². The maximum absolute atomic E-state index is 5.13. The molecule has 0 unspecified atom stereocenters. The van der Waals surface area contributed by atoms with Crippen molar-refractivity contribution in [2.24, 2.45) is 0 Å². The van der Waals surface area contributed by atoms with Crippen LogP contribution in [0, 0.1) is 0 Å². The van der Waals surface area contributed by atoms with Gasteiger partial charge in [-0.25, -0.2) is 4.98 Å². The van der Waals surface area contributed by atoms with E-state index in [1.54, 1.807) is 0 Å². The molecule has 0 saturated heterocycles. The van der Waals surface area contributed by atoms with Crippen LogP contribution >= 0.6 is 0 Å². The Balaban J connectivity index is 1.39. The molecule has 54 heavy (non-hydrogen) atoms. The van der Waals surface area contributed by atoms with Crippen LogP contribution in [-0.2, 0) is 16.2 Å². The Morgan fingerprint density at radius 3 is 1.91 bits per heavy atom. The van der Waals surface area contributed by atoms with Gasteiger partial charge >= 0.3 is 0 Å². The summed E-state index contributed by atoms with van der Waals surface area (Å²) in [7, 11) is 0. The Morgan fingerprint density at radius 2 is 1.20 bits per heavy atom. The molecule has 0 radical (unpaired) electrons. The SMILES string of the molecule is CC(C)(C)c1ccc2c(c1)C(c1cccc(-c3ccccn3)c1)(c1ccc3c(c1)c1ncccc1c1nc4ccccc4n31)c1cc(C(C)(C)C)ccc1-2. The number of hydrogen-bond acceptors (Lipinski definition) is 3. The Morgan fingerprint density at radius 1 is 0.519 bits per heavy atom. The summed E-state index contributed by atoms with van der Waals surface area (Å²) >= 11 is 0. The summed E-state index contributed by atoms with van der Waals surface area (Å²) in [6.45, 7) is 13.9. The minimum absolute atomic E-state index is 0.0421. The molecule has 9 aromatic rings. The van der Waals surface area contributed by atoms with Crippen molar-refractivity contribution in [3.05, 3.63) is 179 Å². The second-order valence-electron chi connectivity index (χ2n) is 17.0. The van der Waals surface area contributed by atoms with Crippen LogP contribution in [0.4, 0.5) is 0 Å². The van der Waals surface area contributed by atoms with E-state index in [0.717, 1.165) is 49.7 Å². The zero-order valence-electron chi connectivity index (χ0n) is 31.6. The van der Waals surface area contributed by atoms with E-state index in [2.05, 4.69) is 167 Å². The lowest BCUT2D eigenvalue weighted by Gasteiger charge is -2.36. The minimum Gasteiger partial charge on any atom is -0.292 e. The van der Waals surface area contributed by atoms with Gasteiger partial charge in [-0.3, -0.25) is 14.4 Å². The third-order valence-electron chi connectivity index (χ3n) is 11.7. The number of pyridine rings is 3. The Kier molecular flexibility index (Phi) is 6.88. The molecule has 0 saturated carbocycles. The van der Waals surface area contributed by atoms with Gasteiger partial charge in [-0.05, 0) is 110 Å². The third-order valence-corrected chi connectivity index (χ3v) is 11.7. The molecule has 4 heteroatoms. The molecular weight excluding hydrogens is 657 g/mol. The van der Waals surface area contributed by atoms with Crippen molar-refractivity contribution >= 4 is 38.5 Å². The van der Waals surface area contributed by atoms with Crippen LogP contribution < -0.4 is 0 Å². The summed E-state index contributed by atoms with van der Waals surface area (Å²) in [6.07, 6.45) is 3.79. The number of hydrogen-bond donors (Lipinski definition) is 0. The Labute approximate surface area is 316 Å². The highest BCUT2D eigenvalue weighted by molar-refractivity contribution is 6.12. The highest BCUT2D eigenvalue weighted by Crippen LogP contribution is 2.58. The quantitative estimate of drug-likeness (QED) is 0.173. The maximum Gasteiger partial charge on any atom is 0.147 e. The average molecular weight is 699 g/mol. The van der Waals surface area contributed by atoms with Crippen molar-refractivity contribution in [2.75, 3.05) is 0 Å². The monoisotopic (exact) mass is 698 g/mol. The van der Waals surface area contributed by atoms with Gasteiger partial charge in [0.25, 0.3) is 0 Å². The lowest BCUT2D eigenvalue weighted by molar-refractivity contribution is 0.586. The number of benzene rings is 5. The number of para-hydroxylation sites is 2. The van der Waals surface area contributed by atoms with Gasteiger partial charge in [0.05, 0.1) is 33.2 Å². The summed E-state index contributed by atoms with van der Waals surface area (Å²) in [5.41, 5.74) is 16.6. The van der Waals surface area contributed by atoms with E-state index < -0.39 is 5.41 Å².